The minimum absolute atomic E-state index is 0.0416. The van der Waals surface area contributed by atoms with Crippen LogP contribution < -0.4 is 16.0 Å². The molecule has 0 unspecified atom stereocenters. The molecule has 30 heavy (non-hydrogen) atoms. The van der Waals surface area contributed by atoms with Crippen LogP contribution in [-0.2, 0) is 0 Å². The lowest BCUT2D eigenvalue weighted by molar-refractivity contribution is 0.0992. The number of nitrogens with one attached hydrogen (secondary N) is 2. The summed E-state index contributed by atoms with van der Waals surface area (Å²) in [7, 11) is 1.71. The van der Waals surface area contributed by atoms with E-state index in [1.54, 1.807) is 37.5 Å². The average Bonchev–Trinajstić information content (AvgIpc) is 2.77. The van der Waals surface area contributed by atoms with Crippen molar-refractivity contribution < 1.29 is 4.79 Å². The van der Waals surface area contributed by atoms with Gasteiger partial charge in [0.25, 0.3) is 5.91 Å². The summed E-state index contributed by atoms with van der Waals surface area (Å²) in [5, 5.41) is 10.6. The highest BCUT2D eigenvalue weighted by atomic mass is 16.2. The number of aryl methyl sites for hydroxylation is 1. The van der Waals surface area contributed by atoms with E-state index in [9.17, 15) is 4.79 Å². The van der Waals surface area contributed by atoms with Crippen LogP contribution in [0.25, 0.3) is 0 Å². The molecule has 0 fully saturated rings. The third kappa shape index (κ3) is 5.03. The second-order valence-corrected chi connectivity index (χ2v) is 6.73. The van der Waals surface area contributed by atoms with Crippen LogP contribution in [0.15, 0.2) is 66.9 Å². The van der Waals surface area contributed by atoms with Gasteiger partial charge in [-0.1, -0.05) is 24.0 Å². The van der Waals surface area contributed by atoms with E-state index in [0.717, 1.165) is 16.8 Å². The molecule has 0 saturated carbocycles. The van der Waals surface area contributed by atoms with Crippen molar-refractivity contribution in [1.29, 1.82) is 5.41 Å². The van der Waals surface area contributed by atoms with Crippen LogP contribution in [0.3, 0.4) is 0 Å². The second kappa shape index (κ2) is 9.39. The number of carbonyl (C=O) groups excluding carboxylic acids is 1. The van der Waals surface area contributed by atoms with Gasteiger partial charge in [0.1, 0.15) is 11.7 Å². The summed E-state index contributed by atoms with van der Waals surface area (Å²) in [6.07, 6.45) is 1.66. The van der Waals surface area contributed by atoms with Crippen molar-refractivity contribution in [2.45, 2.75) is 6.92 Å². The number of aromatic nitrogens is 1. The first-order valence-electron chi connectivity index (χ1n) is 9.42. The number of hydrogen-bond donors (Lipinski definition) is 3. The number of carbonyl (C=O) groups is 1. The van der Waals surface area contributed by atoms with Crippen LogP contribution in [0.1, 0.15) is 27.0 Å². The van der Waals surface area contributed by atoms with Crippen molar-refractivity contribution in [3.05, 3.63) is 89.1 Å². The Labute approximate surface area is 176 Å². The van der Waals surface area contributed by atoms with Gasteiger partial charge in [0.05, 0.1) is 6.54 Å². The van der Waals surface area contributed by atoms with E-state index in [1.165, 1.54) is 4.90 Å². The van der Waals surface area contributed by atoms with E-state index in [2.05, 4.69) is 22.1 Å². The van der Waals surface area contributed by atoms with Gasteiger partial charge in [-0.25, -0.2) is 4.98 Å². The smallest absolute Gasteiger partial charge is 0.259 e. The highest BCUT2D eigenvalue weighted by molar-refractivity contribution is 6.05. The molecule has 6 heteroatoms. The Morgan fingerprint density at radius 3 is 2.53 bits per heavy atom. The number of hydrogen-bond acceptors (Lipinski definition) is 4. The fourth-order valence-corrected chi connectivity index (χ4v) is 2.79. The van der Waals surface area contributed by atoms with Gasteiger partial charge in [0.2, 0.25) is 0 Å². The molecule has 0 bridgehead atoms. The summed E-state index contributed by atoms with van der Waals surface area (Å²) < 4.78 is 0. The number of amides is 1. The highest BCUT2D eigenvalue weighted by Crippen LogP contribution is 2.15. The van der Waals surface area contributed by atoms with Crippen molar-refractivity contribution >= 4 is 23.2 Å². The average molecular weight is 397 g/mol. The summed E-state index contributed by atoms with van der Waals surface area (Å²) in [6, 6.07) is 18.3. The number of amidine groups is 1. The molecule has 0 spiro atoms. The largest absolute Gasteiger partial charge is 0.384 e. The summed E-state index contributed by atoms with van der Waals surface area (Å²) in [5.74, 6) is 6.72. The highest BCUT2D eigenvalue weighted by Gasteiger charge is 2.15. The van der Waals surface area contributed by atoms with Gasteiger partial charge in [-0.15, -0.1) is 0 Å². The fourth-order valence-electron chi connectivity index (χ4n) is 2.79. The lowest BCUT2D eigenvalue weighted by Crippen LogP contribution is -2.27. The number of pyridine rings is 1. The molecule has 6 nitrogen and oxygen atoms in total. The van der Waals surface area contributed by atoms with Gasteiger partial charge in [-0.3, -0.25) is 15.1 Å². The molecule has 1 aromatic heterocycles. The molecular formula is C24H23N5O. The molecule has 3 aromatic rings. The number of anilines is 2. The molecule has 0 saturated heterocycles. The zero-order chi connectivity index (χ0) is 21.5. The molecular weight excluding hydrogens is 374 g/mol. The van der Waals surface area contributed by atoms with Crippen molar-refractivity contribution in [2.24, 2.45) is 5.73 Å². The molecule has 4 N–H and O–H groups in total. The first kappa shape index (κ1) is 20.6. The number of nitrogens with two attached hydrogens (primary N) is 1. The van der Waals surface area contributed by atoms with Crippen LogP contribution in [0.4, 0.5) is 11.5 Å². The minimum Gasteiger partial charge on any atom is -0.384 e. The van der Waals surface area contributed by atoms with Crippen LogP contribution in [0.5, 0.6) is 0 Å². The topological polar surface area (TPSA) is 95.1 Å². The Balaban J connectivity index is 1.68. The van der Waals surface area contributed by atoms with Crippen molar-refractivity contribution in [3.8, 4) is 11.8 Å². The van der Waals surface area contributed by atoms with Gasteiger partial charge < -0.3 is 11.1 Å². The predicted molar refractivity (Wildman–Crippen MR) is 121 cm³/mol. The van der Waals surface area contributed by atoms with Gasteiger partial charge in [-0.05, 0) is 61.0 Å². The van der Waals surface area contributed by atoms with E-state index >= 15 is 0 Å². The molecule has 150 valence electrons. The minimum atomic E-state index is -0.138. The number of benzene rings is 2. The monoisotopic (exact) mass is 397 g/mol. The molecule has 1 heterocycles. The Morgan fingerprint density at radius 2 is 1.87 bits per heavy atom. The van der Waals surface area contributed by atoms with Gasteiger partial charge in [-0.2, -0.15) is 0 Å². The lowest BCUT2D eigenvalue weighted by Gasteiger charge is -2.16. The summed E-state index contributed by atoms with van der Waals surface area (Å²) in [4.78, 5) is 18.5. The maximum absolute atomic E-state index is 12.8. The quantitative estimate of drug-likeness (QED) is 0.349. The second-order valence-electron chi connectivity index (χ2n) is 6.73. The molecule has 1 amide bonds. The first-order chi connectivity index (χ1) is 14.5. The van der Waals surface area contributed by atoms with Crippen LogP contribution in [0.2, 0.25) is 0 Å². The van der Waals surface area contributed by atoms with E-state index in [-0.39, 0.29) is 11.7 Å². The first-order valence-corrected chi connectivity index (χ1v) is 9.42. The van der Waals surface area contributed by atoms with E-state index in [0.29, 0.717) is 23.5 Å². The molecule has 2 aromatic carbocycles. The Kier molecular flexibility index (Phi) is 6.46. The summed E-state index contributed by atoms with van der Waals surface area (Å²) in [5.41, 5.74) is 9.41. The standard InChI is InChI=1S/C24H23N5O/c1-17-8-9-20(24(30)29(2)22-7-3-4-14-28-22)16-19(17)6-5-15-27-21-12-10-18(11-13-21)23(25)26/h3-4,7-14,16,27H,15H2,1-2H3,(H3,25,26). The van der Waals surface area contributed by atoms with Gasteiger partial charge >= 0.3 is 0 Å². The fraction of sp³-hybridized carbons (Fsp3) is 0.125. The SMILES string of the molecule is Cc1ccc(C(=O)N(C)c2ccccn2)cc1C#CCNc1ccc(C(=N)N)cc1. The van der Waals surface area contributed by atoms with Gasteiger partial charge in [0, 0.05) is 35.6 Å². The Bertz CT molecular complexity index is 1110. The molecule has 0 aliphatic heterocycles. The predicted octanol–water partition coefficient (Wildman–Crippen LogP) is 3.41. The zero-order valence-corrected chi connectivity index (χ0v) is 16.9. The number of nitrogen functional groups attached to an aromatic ring is 1. The van der Waals surface area contributed by atoms with Crippen LogP contribution >= 0.6 is 0 Å². The van der Waals surface area contributed by atoms with Crippen LogP contribution in [-0.4, -0.2) is 30.3 Å². The molecule has 3 rings (SSSR count). The van der Waals surface area contributed by atoms with E-state index in [4.69, 9.17) is 11.1 Å². The Hall–Kier alpha value is -4.11. The number of rotatable bonds is 5. The Morgan fingerprint density at radius 1 is 1.13 bits per heavy atom. The third-order valence-corrected chi connectivity index (χ3v) is 4.58. The van der Waals surface area contributed by atoms with Crippen molar-refractivity contribution in [2.75, 3.05) is 23.8 Å². The van der Waals surface area contributed by atoms with Crippen LogP contribution in [0, 0.1) is 24.2 Å². The zero-order valence-electron chi connectivity index (χ0n) is 16.9. The molecule has 0 aliphatic rings. The normalized spacial score (nSPS) is 9.93. The maximum atomic E-state index is 12.8. The number of nitrogens with zero attached hydrogens (tertiary/aromatic N) is 2. The summed E-state index contributed by atoms with van der Waals surface area (Å²) in [6.45, 7) is 2.42. The van der Waals surface area contributed by atoms with E-state index < -0.39 is 0 Å². The maximum Gasteiger partial charge on any atom is 0.259 e. The summed E-state index contributed by atoms with van der Waals surface area (Å²) >= 11 is 0. The van der Waals surface area contributed by atoms with Gasteiger partial charge in [0.15, 0.2) is 0 Å². The van der Waals surface area contributed by atoms with E-state index in [1.807, 2.05) is 43.3 Å². The molecule has 0 aliphatic carbocycles. The molecule has 0 atom stereocenters. The third-order valence-electron chi connectivity index (χ3n) is 4.58. The lowest BCUT2D eigenvalue weighted by atomic mass is 10.0. The van der Waals surface area contributed by atoms with Crippen molar-refractivity contribution in [3.63, 3.8) is 0 Å². The molecule has 0 radical (unpaired) electrons. The van der Waals surface area contributed by atoms with Crippen molar-refractivity contribution in [1.82, 2.24) is 4.98 Å².